The quantitative estimate of drug-likeness (QED) is 0.193. The lowest BCUT2D eigenvalue weighted by Gasteiger charge is -2.58. The number of aliphatic hydroxyl groups is 4. The topological polar surface area (TPSA) is 158 Å². The Balaban J connectivity index is 0.752. The Morgan fingerprint density at radius 3 is 1.43 bits per heavy atom. The summed E-state index contributed by atoms with van der Waals surface area (Å²) in [5.41, 5.74) is 5.05. The second-order valence-electron chi connectivity index (χ2n) is 18.7. The Labute approximate surface area is 347 Å². The van der Waals surface area contributed by atoms with Gasteiger partial charge in [0, 0.05) is 58.7 Å². The third-order valence-corrected chi connectivity index (χ3v) is 16.0. The summed E-state index contributed by atoms with van der Waals surface area (Å²) in [4.78, 5) is 32.1. The van der Waals surface area contributed by atoms with Gasteiger partial charge < -0.3 is 49.2 Å². The fourth-order valence-electron chi connectivity index (χ4n) is 13.1. The van der Waals surface area contributed by atoms with E-state index in [0.717, 1.165) is 72.2 Å². The molecule has 0 radical (unpaired) electrons. The van der Waals surface area contributed by atoms with Crippen LogP contribution in [-0.2, 0) is 18.9 Å². The molecule has 2 aromatic rings. The predicted octanol–water partition coefficient (Wildman–Crippen LogP) is 4.29. The molecule has 12 rings (SSSR count). The Hall–Kier alpha value is -4.82. The van der Waals surface area contributed by atoms with Crippen LogP contribution in [0.25, 0.3) is 11.1 Å². The van der Waals surface area contributed by atoms with E-state index in [0.29, 0.717) is 0 Å². The summed E-state index contributed by atoms with van der Waals surface area (Å²) in [5.74, 6) is -4.70. The molecule has 2 unspecified atom stereocenters. The molecule has 4 heterocycles. The van der Waals surface area contributed by atoms with Crippen LogP contribution in [-0.4, -0.2) is 117 Å². The Kier molecular flexibility index (Phi) is 7.64. The molecule has 0 amide bonds. The monoisotopic (exact) mass is 812 g/mol. The van der Waals surface area contributed by atoms with Gasteiger partial charge in [-0.3, -0.25) is 0 Å². The molecule has 10 aliphatic rings. The van der Waals surface area contributed by atoms with Crippen molar-refractivity contribution >= 4 is 11.9 Å². The maximum Gasteiger partial charge on any atom is 0.341 e. The lowest BCUT2D eigenvalue weighted by atomic mass is 9.51. The van der Waals surface area contributed by atoms with E-state index < -0.39 is 58.8 Å². The Morgan fingerprint density at radius 2 is 1.03 bits per heavy atom. The number of carbonyl (C=O) groups is 2. The SMILES string of the molecule is CN1CC[C@]23C4=C5O[C@H]2[C@@H](O)C=C[C@H]3[C@H]1CC4=CCC5(O)OC(=O)c1ccc(-c2ccc(C(=O)OC3(O)CC=C4C[C@@H]5[C@@H]6C=C[C@H](O)[C@@H]7OC3=C4[C@]67CCN5C)cc2)cc1. The summed E-state index contributed by atoms with van der Waals surface area (Å²) in [6.07, 6.45) is 12.2. The zero-order valence-electron chi connectivity index (χ0n) is 33.5. The van der Waals surface area contributed by atoms with Crippen LogP contribution < -0.4 is 0 Å². The number of nitrogens with zero attached hydrogens (tertiary/aromatic N) is 2. The molecule has 12 heteroatoms. The van der Waals surface area contributed by atoms with Crippen LogP contribution in [0.5, 0.6) is 0 Å². The molecule has 60 heavy (non-hydrogen) atoms. The van der Waals surface area contributed by atoms with Crippen molar-refractivity contribution in [3.63, 3.8) is 0 Å². The van der Waals surface area contributed by atoms with Crippen molar-refractivity contribution in [3.05, 3.63) is 130 Å². The first-order chi connectivity index (χ1) is 28.8. The Morgan fingerprint density at radius 1 is 0.633 bits per heavy atom. The first kappa shape index (κ1) is 37.0. The molecule has 2 spiro atoms. The number of benzene rings is 2. The van der Waals surface area contributed by atoms with Crippen LogP contribution in [0.3, 0.4) is 0 Å². The van der Waals surface area contributed by atoms with Crippen molar-refractivity contribution in [1.29, 1.82) is 0 Å². The number of rotatable bonds is 5. The molecule has 4 aliphatic heterocycles. The zero-order chi connectivity index (χ0) is 41.1. The average molecular weight is 813 g/mol. The molecule has 4 fully saturated rings. The molecule has 2 saturated heterocycles. The summed E-state index contributed by atoms with van der Waals surface area (Å²) in [6.45, 7) is 1.67. The van der Waals surface area contributed by atoms with Crippen LogP contribution in [0.2, 0.25) is 0 Å². The highest BCUT2D eigenvalue weighted by molar-refractivity contribution is 5.92. The number of ether oxygens (including phenoxy) is 4. The molecule has 2 saturated carbocycles. The number of carbonyl (C=O) groups excluding carboxylic acids is 2. The summed E-state index contributed by atoms with van der Waals surface area (Å²) < 4.78 is 24.8. The molecule has 2 aromatic carbocycles. The van der Waals surface area contributed by atoms with Crippen molar-refractivity contribution in [3.8, 4) is 11.1 Å². The molecule has 4 bridgehead atoms. The van der Waals surface area contributed by atoms with Gasteiger partial charge in [-0.1, -0.05) is 60.7 Å². The normalized spacial score (nSPS) is 41.4. The van der Waals surface area contributed by atoms with Crippen molar-refractivity contribution in [2.45, 2.75) is 86.6 Å². The van der Waals surface area contributed by atoms with E-state index in [1.54, 1.807) is 60.7 Å². The lowest BCUT2D eigenvalue weighted by molar-refractivity contribution is -0.174. The van der Waals surface area contributed by atoms with Crippen LogP contribution in [0.1, 0.15) is 59.2 Å². The number of piperidine rings is 2. The lowest BCUT2D eigenvalue weighted by Crippen LogP contribution is -2.62. The van der Waals surface area contributed by atoms with Gasteiger partial charge in [-0.25, -0.2) is 9.59 Å². The van der Waals surface area contributed by atoms with Crippen LogP contribution >= 0.6 is 0 Å². The maximum atomic E-state index is 13.7. The smallest absolute Gasteiger partial charge is 0.341 e. The summed E-state index contributed by atoms with van der Waals surface area (Å²) in [6, 6.07) is 14.1. The predicted molar refractivity (Wildman–Crippen MR) is 215 cm³/mol. The summed E-state index contributed by atoms with van der Waals surface area (Å²) in [5, 5.41) is 46.2. The third kappa shape index (κ3) is 4.72. The third-order valence-electron chi connectivity index (χ3n) is 16.0. The molecule has 12 atom stereocenters. The van der Waals surface area contributed by atoms with Crippen molar-refractivity contribution in [1.82, 2.24) is 9.80 Å². The highest BCUT2D eigenvalue weighted by Crippen LogP contribution is 2.67. The summed E-state index contributed by atoms with van der Waals surface area (Å²) in [7, 11) is 4.27. The van der Waals surface area contributed by atoms with Gasteiger partial charge in [-0.2, -0.15) is 0 Å². The van der Waals surface area contributed by atoms with Crippen molar-refractivity contribution in [2.24, 2.45) is 22.7 Å². The van der Waals surface area contributed by atoms with E-state index in [1.807, 2.05) is 12.2 Å². The summed E-state index contributed by atoms with van der Waals surface area (Å²) >= 11 is 0. The van der Waals surface area contributed by atoms with Crippen molar-refractivity contribution < 1.29 is 49.0 Å². The van der Waals surface area contributed by atoms with Gasteiger partial charge in [0.2, 0.25) is 0 Å². The van der Waals surface area contributed by atoms with Crippen molar-refractivity contribution in [2.75, 3.05) is 27.2 Å². The molecular weight excluding hydrogens is 765 g/mol. The van der Waals surface area contributed by atoms with E-state index in [1.165, 1.54) is 0 Å². The van der Waals surface area contributed by atoms with Crippen LogP contribution in [0.15, 0.2) is 119 Å². The van der Waals surface area contributed by atoms with Gasteiger partial charge in [-0.15, -0.1) is 0 Å². The molecule has 6 aliphatic carbocycles. The van der Waals surface area contributed by atoms with Gasteiger partial charge in [0.15, 0.2) is 11.5 Å². The average Bonchev–Trinajstić information content (AvgIpc) is 3.80. The van der Waals surface area contributed by atoms with E-state index in [-0.39, 0.29) is 59.4 Å². The molecule has 0 aromatic heterocycles. The van der Waals surface area contributed by atoms with E-state index in [9.17, 15) is 30.0 Å². The molecule has 4 N–H and O–H groups in total. The second kappa shape index (κ2) is 12.4. The van der Waals surface area contributed by atoms with Gasteiger partial charge in [0.25, 0.3) is 11.6 Å². The zero-order valence-corrected chi connectivity index (χ0v) is 33.5. The molecule has 12 nitrogen and oxygen atoms in total. The Bertz CT molecular complexity index is 2280. The molecule has 310 valence electrons. The fraction of sp³-hybridized carbons (Fsp3) is 0.458. The number of likely N-dealkylation sites (tertiary alicyclic amines) is 2. The minimum Gasteiger partial charge on any atom is -0.483 e. The number of aliphatic hydroxyl groups excluding tert-OH is 2. The van der Waals surface area contributed by atoms with E-state index in [2.05, 4.69) is 36.0 Å². The number of esters is 2. The number of hydrogen-bond acceptors (Lipinski definition) is 12. The van der Waals surface area contributed by atoms with Gasteiger partial charge in [0.1, 0.15) is 24.4 Å². The highest BCUT2D eigenvalue weighted by atomic mass is 16.7. The van der Waals surface area contributed by atoms with E-state index >= 15 is 0 Å². The first-order valence-corrected chi connectivity index (χ1v) is 21.3. The standard InChI is InChI=1S/C48H48N2O10/c1-49-21-19-45-31-11-13-35(51)39(45)57-41-37(45)29(23-33(31)49)15-17-47(41,55)59-43(53)27-7-3-25(4-8-27)26-5-9-28(10-6-26)44(54)60-48(56)18-16-30-24-34-32-12-14-36(52)40-46(32,20-22-50(34)2)38(30)42(48)58-40/h3-16,31-36,39-40,51-52,55-56H,17-24H2,1-2H3/t31-,32-,33+,34+,35-,36-,39-,40-,45-,46-,47?,48?/m0/s1. The first-order valence-electron chi connectivity index (χ1n) is 21.3. The van der Waals surface area contributed by atoms with Gasteiger partial charge in [0.05, 0.1) is 11.1 Å². The van der Waals surface area contributed by atoms with Crippen LogP contribution in [0.4, 0.5) is 0 Å². The minimum atomic E-state index is -2.01. The van der Waals surface area contributed by atoms with E-state index in [4.69, 9.17) is 18.9 Å². The second-order valence-corrected chi connectivity index (χ2v) is 18.7. The number of hydrogen-bond donors (Lipinski definition) is 4. The minimum absolute atomic E-state index is 0.0503. The molecular formula is C48H48N2O10. The maximum absolute atomic E-state index is 13.7. The highest BCUT2D eigenvalue weighted by Gasteiger charge is 2.70. The van der Waals surface area contributed by atoms with Gasteiger partial charge >= 0.3 is 11.9 Å². The van der Waals surface area contributed by atoms with Gasteiger partial charge in [-0.05, 0) is 99.4 Å². The van der Waals surface area contributed by atoms with Crippen LogP contribution in [0, 0.1) is 22.7 Å². The largest absolute Gasteiger partial charge is 0.483 e. The fourth-order valence-corrected chi connectivity index (χ4v) is 13.1.